The van der Waals surface area contributed by atoms with Crippen LogP contribution in [0.15, 0.2) is 59.1 Å². The van der Waals surface area contributed by atoms with Gasteiger partial charge < -0.3 is 9.84 Å². The molecule has 1 fully saturated rings. The average Bonchev–Trinajstić information content (AvgIpc) is 3.27. The fourth-order valence-corrected chi connectivity index (χ4v) is 3.22. The van der Waals surface area contributed by atoms with Gasteiger partial charge in [-0.25, -0.2) is 0 Å². The number of hydrogen-bond donors (Lipinski definition) is 1. The van der Waals surface area contributed by atoms with Gasteiger partial charge in [0.1, 0.15) is 0 Å². The van der Waals surface area contributed by atoms with Crippen LogP contribution in [0.3, 0.4) is 0 Å². The standard InChI is InChI=1S/C19H19ClN4O/c20-15-8-6-14(7-9-15)19-22-18(25-23-19)13-24-11-10-17(12-24)21-16-4-2-1-3-5-16/h1-9,17,21H,10-13H2. The number of rotatable bonds is 5. The van der Waals surface area contributed by atoms with Gasteiger partial charge in [-0.1, -0.05) is 35.0 Å². The monoisotopic (exact) mass is 354 g/mol. The Kier molecular flexibility index (Phi) is 4.68. The van der Waals surface area contributed by atoms with Crippen molar-refractivity contribution in [2.24, 2.45) is 0 Å². The summed E-state index contributed by atoms with van der Waals surface area (Å²) in [5.41, 5.74) is 2.07. The van der Waals surface area contributed by atoms with E-state index in [0.717, 1.165) is 30.8 Å². The number of anilines is 1. The Labute approximate surface area is 151 Å². The van der Waals surface area contributed by atoms with E-state index >= 15 is 0 Å². The van der Waals surface area contributed by atoms with Crippen LogP contribution in [0.1, 0.15) is 12.3 Å². The first-order chi connectivity index (χ1) is 12.3. The fraction of sp³-hybridized carbons (Fsp3) is 0.263. The number of para-hydroxylation sites is 1. The van der Waals surface area contributed by atoms with E-state index in [1.807, 2.05) is 42.5 Å². The van der Waals surface area contributed by atoms with Crippen LogP contribution in [-0.2, 0) is 6.54 Å². The van der Waals surface area contributed by atoms with Crippen LogP contribution in [0.2, 0.25) is 5.02 Å². The van der Waals surface area contributed by atoms with E-state index in [0.29, 0.717) is 29.3 Å². The van der Waals surface area contributed by atoms with E-state index in [9.17, 15) is 0 Å². The molecule has 0 saturated carbocycles. The first-order valence-corrected chi connectivity index (χ1v) is 8.76. The summed E-state index contributed by atoms with van der Waals surface area (Å²) in [7, 11) is 0. The second kappa shape index (κ2) is 7.25. The Morgan fingerprint density at radius 1 is 1.12 bits per heavy atom. The van der Waals surface area contributed by atoms with E-state index in [2.05, 4.69) is 32.5 Å². The topological polar surface area (TPSA) is 54.2 Å². The quantitative estimate of drug-likeness (QED) is 0.748. The Balaban J connectivity index is 1.35. The van der Waals surface area contributed by atoms with Crippen molar-refractivity contribution in [2.45, 2.75) is 19.0 Å². The zero-order valence-corrected chi connectivity index (χ0v) is 14.5. The molecule has 4 rings (SSSR count). The molecule has 0 spiro atoms. The summed E-state index contributed by atoms with van der Waals surface area (Å²) in [6, 6.07) is 18.2. The van der Waals surface area contributed by atoms with Gasteiger partial charge in [-0.05, 0) is 42.8 Å². The van der Waals surface area contributed by atoms with Crippen molar-refractivity contribution in [1.82, 2.24) is 15.0 Å². The van der Waals surface area contributed by atoms with Gasteiger partial charge in [0.2, 0.25) is 11.7 Å². The van der Waals surface area contributed by atoms with Gasteiger partial charge in [-0.3, -0.25) is 4.90 Å². The molecule has 3 aromatic rings. The summed E-state index contributed by atoms with van der Waals surface area (Å²) in [6.45, 7) is 2.66. The van der Waals surface area contributed by atoms with Gasteiger partial charge in [-0.2, -0.15) is 4.98 Å². The summed E-state index contributed by atoms with van der Waals surface area (Å²) >= 11 is 5.91. The van der Waals surface area contributed by atoms with Gasteiger partial charge >= 0.3 is 0 Å². The molecule has 2 heterocycles. The maximum atomic E-state index is 5.91. The SMILES string of the molecule is Clc1ccc(-c2noc(CN3CCC(Nc4ccccc4)C3)n2)cc1. The Morgan fingerprint density at radius 2 is 1.92 bits per heavy atom. The molecule has 1 aromatic heterocycles. The largest absolute Gasteiger partial charge is 0.381 e. The van der Waals surface area contributed by atoms with Crippen molar-refractivity contribution < 1.29 is 4.52 Å². The lowest BCUT2D eigenvalue weighted by molar-refractivity contribution is 0.266. The van der Waals surface area contributed by atoms with Crippen LogP contribution in [0.25, 0.3) is 11.4 Å². The summed E-state index contributed by atoms with van der Waals surface area (Å²) in [6.07, 6.45) is 1.10. The summed E-state index contributed by atoms with van der Waals surface area (Å²) < 4.78 is 5.41. The highest BCUT2D eigenvalue weighted by Gasteiger charge is 2.24. The maximum absolute atomic E-state index is 5.91. The second-order valence-corrected chi connectivity index (χ2v) is 6.69. The van der Waals surface area contributed by atoms with E-state index in [1.54, 1.807) is 0 Å². The van der Waals surface area contributed by atoms with Gasteiger partial charge in [-0.15, -0.1) is 0 Å². The van der Waals surface area contributed by atoms with Crippen LogP contribution in [0, 0.1) is 0 Å². The van der Waals surface area contributed by atoms with Crippen molar-refractivity contribution in [3.8, 4) is 11.4 Å². The molecule has 1 saturated heterocycles. The second-order valence-electron chi connectivity index (χ2n) is 6.25. The molecular formula is C19H19ClN4O. The number of aromatic nitrogens is 2. The van der Waals surface area contributed by atoms with Crippen molar-refractivity contribution in [1.29, 1.82) is 0 Å². The molecule has 1 unspecified atom stereocenters. The van der Waals surface area contributed by atoms with E-state index < -0.39 is 0 Å². The molecule has 1 aliphatic rings. The van der Waals surface area contributed by atoms with Gasteiger partial charge in [0.15, 0.2) is 0 Å². The molecule has 5 nitrogen and oxygen atoms in total. The molecule has 1 N–H and O–H groups in total. The highest BCUT2D eigenvalue weighted by atomic mass is 35.5. The number of likely N-dealkylation sites (tertiary alicyclic amines) is 1. The fourth-order valence-electron chi connectivity index (χ4n) is 3.09. The lowest BCUT2D eigenvalue weighted by Crippen LogP contribution is -2.26. The van der Waals surface area contributed by atoms with Crippen LogP contribution < -0.4 is 5.32 Å². The summed E-state index contributed by atoms with van der Waals surface area (Å²) in [4.78, 5) is 6.83. The first kappa shape index (κ1) is 16.1. The smallest absolute Gasteiger partial charge is 0.241 e. The minimum Gasteiger partial charge on any atom is -0.381 e. The molecule has 0 bridgehead atoms. The van der Waals surface area contributed by atoms with Crippen LogP contribution in [-0.4, -0.2) is 34.2 Å². The molecule has 0 radical (unpaired) electrons. The zero-order valence-electron chi connectivity index (χ0n) is 13.7. The Hall–Kier alpha value is -2.37. The molecule has 0 amide bonds. The van der Waals surface area contributed by atoms with E-state index in [4.69, 9.17) is 16.1 Å². The van der Waals surface area contributed by atoms with Crippen molar-refractivity contribution >= 4 is 17.3 Å². The third-order valence-corrected chi connectivity index (χ3v) is 4.60. The summed E-state index contributed by atoms with van der Waals surface area (Å²) in [5.74, 6) is 1.25. The molecule has 2 aromatic carbocycles. The highest BCUT2D eigenvalue weighted by molar-refractivity contribution is 6.30. The van der Waals surface area contributed by atoms with Gasteiger partial charge in [0, 0.05) is 35.4 Å². The van der Waals surface area contributed by atoms with E-state index in [1.165, 1.54) is 0 Å². The predicted molar refractivity (Wildman–Crippen MR) is 98.5 cm³/mol. The molecule has 0 aliphatic carbocycles. The van der Waals surface area contributed by atoms with Crippen LogP contribution in [0.5, 0.6) is 0 Å². The highest BCUT2D eigenvalue weighted by Crippen LogP contribution is 2.21. The lowest BCUT2D eigenvalue weighted by Gasteiger charge is -2.15. The minimum absolute atomic E-state index is 0.445. The number of nitrogens with zero attached hydrogens (tertiary/aromatic N) is 3. The number of nitrogens with one attached hydrogen (secondary N) is 1. The third-order valence-electron chi connectivity index (χ3n) is 4.35. The average molecular weight is 355 g/mol. The molecule has 6 heteroatoms. The van der Waals surface area contributed by atoms with Crippen LogP contribution in [0.4, 0.5) is 5.69 Å². The Morgan fingerprint density at radius 3 is 2.72 bits per heavy atom. The molecule has 1 atom stereocenters. The van der Waals surface area contributed by atoms with E-state index in [-0.39, 0.29) is 0 Å². The van der Waals surface area contributed by atoms with Crippen molar-refractivity contribution in [3.05, 3.63) is 65.5 Å². The molecule has 128 valence electrons. The lowest BCUT2D eigenvalue weighted by atomic mass is 10.2. The first-order valence-electron chi connectivity index (χ1n) is 8.39. The Bertz CT molecular complexity index is 819. The number of halogens is 1. The minimum atomic E-state index is 0.445. The number of hydrogen-bond acceptors (Lipinski definition) is 5. The van der Waals surface area contributed by atoms with Gasteiger partial charge in [0.05, 0.1) is 6.54 Å². The molecule has 25 heavy (non-hydrogen) atoms. The molecular weight excluding hydrogens is 336 g/mol. The van der Waals surface area contributed by atoms with Gasteiger partial charge in [0.25, 0.3) is 0 Å². The van der Waals surface area contributed by atoms with Crippen molar-refractivity contribution in [2.75, 3.05) is 18.4 Å². The third kappa shape index (κ3) is 4.00. The normalized spacial score (nSPS) is 17.7. The predicted octanol–water partition coefficient (Wildman–Crippen LogP) is 4.08. The maximum Gasteiger partial charge on any atom is 0.241 e. The van der Waals surface area contributed by atoms with Crippen molar-refractivity contribution in [3.63, 3.8) is 0 Å². The van der Waals surface area contributed by atoms with Crippen LogP contribution >= 0.6 is 11.6 Å². The molecule has 1 aliphatic heterocycles. The number of benzene rings is 2. The summed E-state index contributed by atoms with van der Waals surface area (Å²) in [5, 5.41) is 8.34. The zero-order chi connectivity index (χ0) is 17.1.